The lowest BCUT2D eigenvalue weighted by molar-refractivity contribution is -0.137. The van der Waals surface area contributed by atoms with Crippen LogP contribution in [-0.2, 0) is 11.0 Å². The molecule has 0 fully saturated rings. The van der Waals surface area contributed by atoms with Crippen LogP contribution < -0.4 is 10.6 Å². The monoisotopic (exact) mass is 348 g/mol. The van der Waals surface area contributed by atoms with E-state index in [4.69, 9.17) is 0 Å². The number of amides is 1. The van der Waals surface area contributed by atoms with Crippen molar-refractivity contribution in [3.63, 3.8) is 0 Å². The highest BCUT2D eigenvalue weighted by atomic mass is 32.2. The SMILES string of the molecule is CNc1nnc(SCC(=O)Nc2cccc(C(F)(F)F)c2)s1. The first-order valence-electron chi connectivity index (χ1n) is 5.99. The van der Waals surface area contributed by atoms with Gasteiger partial charge in [-0.15, -0.1) is 10.2 Å². The average Bonchev–Trinajstić information content (AvgIpc) is 2.92. The summed E-state index contributed by atoms with van der Waals surface area (Å²) in [5.74, 6) is -0.375. The molecule has 2 aromatic rings. The van der Waals surface area contributed by atoms with E-state index in [1.54, 1.807) is 7.05 Å². The molecule has 0 spiro atoms. The number of hydrogen-bond donors (Lipinski definition) is 2. The van der Waals surface area contributed by atoms with Gasteiger partial charge in [0.2, 0.25) is 11.0 Å². The fourth-order valence-electron chi connectivity index (χ4n) is 1.47. The molecule has 0 atom stereocenters. The molecule has 10 heteroatoms. The zero-order valence-corrected chi connectivity index (χ0v) is 12.9. The van der Waals surface area contributed by atoms with Gasteiger partial charge >= 0.3 is 6.18 Å². The molecular formula is C12H11F3N4OS2. The number of anilines is 2. The lowest BCUT2D eigenvalue weighted by atomic mass is 10.2. The first kappa shape index (κ1) is 16.6. The quantitative estimate of drug-likeness (QED) is 0.812. The summed E-state index contributed by atoms with van der Waals surface area (Å²) < 4.78 is 38.3. The number of aromatic nitrogens is 2. The fraction of sp³-hybridized carbons (Fsp3) is 0.250. The first-order valence-corrected chi connectivity index (χ1v) is 7.80. The van der Waals surface area contributed by atoms with Crippen LogP contribution in [0.4, 0.5) is 24.0 Å². The maximum Gasteiger partial charge on any atom is 0.416 e. The van der Waals surface area contributed by atoms with Crippen LogP contribution in [0.15, 0.2) is 28.6 Å². The van der Waals surface area contributed by atoms with Crippen molar-refractivity contribution in [1.82, 2.24) is 10.2 Å². The predicted molar refractivity (Wildman–Crippen MR) is 80.3 cm³/mol. The van der Waals surface area contributed by atoms with Gasteiger partial charge in [-0.25, -0.2) is 0 Å². The third kappa shape index (κ3) is 4.60. The van der Waals surface area contributed by atoms with Crippen LogP contribution in [0.3, 0.4) is 0 Å². The number of carbonyl (C=O) groups is 1. The summed E-state index contributed by atoms with van der Waals surface area (Å²) in [5.41, 5.74) is -0.700. The van der Waals surface area contributed by atoms with Crippen LogP contribution in [0, 0.1) is 0 Å². The molecule has 0 aliphatic heterocycles. The molecule has 1 aromatic carbocycles. The molecule has 0 saturated carbocycles. The third-order valence-electron chi connectivity index (χ3n) is 2.42. The topological polar surface area (TPSA) is 66.9 Å². The Balaban J connectivity index is 1.92. The molecule has 2 rings (SSSR count). The Morgan fingerprint density at radius 2 is 2.14 bits per heavy atom. The highest BCUT2D eigenvalue weighted by molar-refractivity contribution is 8.01. The Morgan fingerprint density at radius 1 is 1.36 bits per heavy atom. The highest BCUT2D eigenvalue weighted by Crippen LogP contribution is 2.31. The highest BCUT2D eigenvalue weighted by Gasteiger charge is 2.30. The summed E-state index contributed by atoms with van der Waals surface area (Å²) in [4.78, 5) is 11.8. The second-order valence-electron chi connectivity index (χ2n) is 4.04. The third-order valence-corrected chi connectivity index (χ3v) is 4.49. The van der Waals surface area contributed by atoms with Gasteiger partial charge in [0.1, 0.15) is 0 Å². The number of thioether (sulfide) groups is 1. The van der Waals surface area contributed by atoms with Crippen molar-refractivity contribution in [2.45, 2.75) is 10.5 Å². The van der Waals surface area contributed by atoms with Gasteiger partial charge in [0, 0.05) is 12.7 Å². The van der Waals surface area contributed by atoms with E-state index in [2.05, 4.69) is 20.8 Å². The summed E-state index contributed by atoms with van der Waals surface area (Å²) in [5, 5.41) is 13.5. The molecule has 0 bridgehead atoms. The van der Waals surface area contributed by atoms with Crippen molar-refractivity contribution in [2.24, 2.45) is 0 Å². The van der Waals surface area contributed by atoms with Gasteiger partial charge in [-0.2, -0.15) is 13.2 Å². The van der Waals surface area contributed by atoms with E-state index >= 15 is 0 Å². The molecule has 2 N–H and O–H groups in total. The summed E-state index contributed by atoms with van der Waals surface area (Å²) in [6.07, 6.45) is -4.44. The van der Waals surface area contributed by atoms with Crippen LogP contribution in [0.1, 0.15) is 5.56 Å². The maximum atomic E-state index is 12.6. The zero-order valence-electron chi connectivity index (χ0n) is 11.3. The van der Waals surface area contributed by atoms with Gasteiger partial charge in [0.25, 0.3) is 0 Å². The van der Waals surface area contributed by atoms with Gasteiger partial charge in [-0.05, 0) is 18.2 Å². The van der Waals surface area contributed by atoms with E-state index in [-0.39, 0.29) is 11.4 Å². The van der Waals surface area contributed by atoms with E-state index in [1.807, 2.05) is 0 Å². The maximum absolute atomic E-state index is 12.6. The molecule has 0 radical (unpaired) electrons. The Hall–Kier alpha value is -1.81. The summed E-state index contributed by atoms with van der Waals surface area (Å²) >= 11 is 2.45. The van der Waals surface area contributed by atoms with E-state index in [0.717, 1.165) is 23.9 Å². The van der Waals surface area contributed by atoms with E-state index < -0.39 is 17.6 Å². The Bertz CT molecular complexity index is 660. The summed E-state index contributed by atoms with van der Waals surface area (Å²) in [6, 6.07) is 4.49. The minimum absolute atomic E-state index is 0.0363. The average molecular weight is 348 g/mol. The summed E-state index contributed by atoms with van der Waals surface area (Å²) in [6.45, 7) is 0. The van der Waals surface area contributed by atoms with Crippen LogP contribution in [0.5, 0.6) is 0 Å². The van der Waals surface area contributed by atoms with Gasteiger partial charge in [0.05, 0.1) is 11.3 Å². The number of alkyl halides is 3. The minimum Gasteiger partial charge on any atom is -0.363 e. The predicted octanol–water partition coefficient (Wildman–Crippen LogP) is 3.33. The van der Waals surface area contributed by atoms with Gasteiger partial charge in [0.15, 0.2) is 4.34 Å². The van der Waals surface area contributed by atoms with Crippen molar-refractivity contribution >= 4 is 39.8 Å². The normalized spacial score (nSPS) is 11.3. The van der Waals surface area contributed by atoms with Gasteiger partial charge < -0.3 is 10.6 Å². The first-order chi connectivity index (χ1) is 10.4. The van der Waals surface area contributed by atoms with Gasteiger partial charge in [-0.3, -0.25) is 4.79 Å². The molecule has 118 valence electrons. The second-order valence-corrected chi connectivity index (χ2v) is 6.24. The number of hydrogen-bond acceptors (Lipinski definition) is 6. The lowest BCUT2D eigenvalue weighted by Gasteiger charge is -2.09. The molecule has 0 aliphatic rings. The molecule has 1 amide bonds. The molecule has 1 aromatic heterocycles. The van der Waals surface area contributed by atoms with Crippen molar-refractivity contribution in [2.75, 3.05) is 23.4 Å². The Morgan fingerprint density at radius 3 is 2.77 bits per heavy atom. The van der Waals surface area contributed by atoms with Crippen molar-refractivity contribution in [3.8, 4) is 0 Å². The Kier molecular flexibility index (Phi) is 5.24. The standard InChI is InChI=1S/C12H11F3N4OS2/c1-16-10-18-19-11(22-10)21-6-9(20)17-8-4-2-3-7(5-8)12(13,14)15/h2-5H,6H2,1H3,(H,16,18)(H,17,20). The zero-order chi connectivity index (χ0) is 16.2. The summed E-state index contributed by atoms with van der Waals surface area (Å²) in [7, 11) is 1.70. The number of halogens is 3. The number of rotatable bonds is 5. The van der Waals surface area contributed by atoms with E-state index in [1.165, 1.54) is 23.5 Å². The molecule has 0 unspecified atom stereocenters. The number of nitrogens with zero attached hydrogens (tertiary/aromatic N) is 2. The van der Waals surface area contributed by atoms with E-state index in [9.17, 15) is 18.0 Å². The van der Waals surface area contributed by atoms with Gasteiger partial charge in [-0.1, -0.05) is 29.2 Å². The number of benzene rings is 1. The second kappa shape index (κ2) is 6.97. The smallest absolute Gasteiger partial charge is 0.363 e. The van der Waals surface area contributed by atoms with Crippen molar-refractivity contribution in [3.05, 3.63) is 29.8 Å². The molecule has 5 nitrogen and oxygen atoms in total. The molecular weight excluding hydrogens is 337 g/mol. The fourth-order valence-corrected chi connectivity index (χ4v) is 2.97. The lowest BCUT2D eigenvalue weighted by Crippen LogP contribution is -2.15. The molecule has 0 aliphatic carbocycles. The van der Waals surface area contributed by atoms with Crippen LogP contribution in [0.2, 0.25) is 0 Å². The molecule has 22 heavy (non-hydrogen) atoms. The van der Waals surface area contributed by atoms with Crippen LogP contribution in [-0.4, -0.2) is 28.9 Å². The largest absolute Gasteiger partial charge is 0.416 e. The van der Waals surface area contributed by atoms with Crippen molar-refractivity contribution in [1.29, 1.82) is 0 Å². The van der Waals surface area contributed by atoms with Crippen LogP contribution >= 0.6 is 23.1 Å². The number of carbonyl (C=O) groups excluding carboxylic acids is 1. The van der Waals surface area contributed by atoms with E-state index in [0.29, 0.717) is 9.47 Å². The molecule has 1 heterocycles. The van der Waals surface area contributed by atoms with Crippen molar-refractivity contribution < 1.29 is 18.0 Å². The molecule has 0 saturated heterocycles. The van der Waals surface area contributed by atoms with Crippen LogP contribution in [0.25, 0.3) is 0 Å². The number of nitrogens with one attached hydrogen (secondary N) is 2. The minimum atomic E-state index is -4.44. The Labute approximate surface area is 132 Å².